The Morgan fingerprint density at radius 2 is 1.89 bits per heavy atom. The Hall–Kier alpha value is -3.33. The number of thiocarbonyl (C=S) groups is 1. The lowest BCUT2D eigenvalue weighted by Crippen LogP contribution is -2.23. The number of methoxy groups -OCH3 is 2. The van der Waals surface area contributed by atoms with Gasteiger partial charge in [-0.15, -0.1) is 0 Å². The number of nitrogens with two attached hydrogens (primary N) is 1. The minimum atomic E-state index is -0.565. The molecule has 2 aromatic carbocycles. The number of carbonyl (C=O) groups is 1. The number of rotatable bonds is 8. The van der Waals surface area contributed by atoms with E-state index in [4.69, 9.17) is 32.2 Å². The first-order chi connectivity index (χ1) is 13.0. The maximum atomic E-state index is 10.8. The summed E-state index contributed by atoms with van der Waals surface area (Å²) in [4.78, 5) is 10.8. The van der Waals surface area contributed by atoms with E-state index in [0.717, 1.165) is 17.0 Å². The normalized spacial score (nSPS) is 10.3. The van der Waals surface area contributed by atoms with Crippen molar-refractivity contribution in [3.8, 4) is 17.2 Å². The predicted octanol–water partition coefficient (Wildman–Crippen LogP) is 1.89. The number of nitrogens with zero attached hydrogens (tertiary/aromatic N) is 1. The van der Waals surface area contributed by atoms with Crippen LogP contribution in [0.4, 0.5) is 5.69 Å². The summed E-state index contributed by atoms with van der Waals surface area (Å²) in [6.07, 6.45) is 1.57. The molecule has 142 valence electrons. The Labute approximate surface area is 162 Å². The van der Waals surface area contributed by atoms with E-state index in [2.05, 4.69) is 15.8 Å². The van der Waals surface area contributed by atoms with Gasteiger partial charge in [-0.2, -0.15) is 5.10 Å². The van der Waals surface area contributed by atoms with Crippen LogP contribution in [-0.4, -0.2) is 38.1 Å². The number of nitrogens with one attached hydrogen (secondary N) is 2. The van der Waals surface area contributed by atoms with Crippen LogP contribution in [0.25, 0.3) is 0 Å². The van der Waals surface area contributed by atoms with E-state index < -0.39 is 5.91 Å². The molecule has 0 heterocycles. The van der Waals surface area contributed by atoms with Gasteiger partial charge in [0.1, 0.15) is 5.75 Å². The van der Waals surface area contributed by atoms with Gasteiger partial charge in [0.2, 0.25) is 0 Å². The molecule has 27 heavy (non-hydrogen) atoms. The van der Waals surface area contributed by atoms with Crippen LogP contribution in [0.15, 0.2) is 47.6 Å². The Morgan fingerprint density at radius 3 is 2.52 bits per heavy atom. The number of anilines is 1. The number of hydrogen-bond donors (Lipinski definition) is 3. The summed E-state index contributed by atoms with van der Waals surface area (Å²) >= 11 is 5.19. The van der Waals surface area contributed by atoms with Gasteiger partial charge < -0.3 is 25.3 Å². The third-order valence-electron chi connectivity index (χ3n) is 3.29. The standard InChI is InChI=1S/C18H20N4O4S/c1-24-14-6-4-13(5-7-14)21-18(27)22-20-10-12-3-8-15(16(9-12)25-2)26-11-17(19)23/h3-10H,11H2,1-2H3,(H2,19,23)(H2,21,22,27)/b20-10-. The molecule has 0 bridgehead atoms. The smallest absolute Gasteiger partial charge is 0.255 e. The number of hydrazone groups is 1. The average molecular weight is 388 g/mol. The van der Waals surface area contributed by atoms with Crippen LogP contribution in [0.1, 0.15) is 5.56 Å². The number of amides is 1. The second-order valence-corrected chi connectivity index (χ2v) is 5.63. The first-order valence-electron chi connectivity index (χ1n) is 7.85. The summed E-state index contributed by atoms with van der Waals surface area (Å²) in [5, 5.41) is 7.42. The molecular formula is C18H20N4O4S. The van der Waals surface area contributed by atoms with Gasteiger partial charge in [-0.25, -0.2) is 0 Å². The fourth-order valence-corrected chi connectivity index (χ4v) is 2.20. The van der Waals surface area contributed by atoms with Crippen LogP contribution in [0.3, 0.4) is 0 Å². The van der Waals surface area contributed by atoms with Gasteiger partial charge in [-0.3, -0.25) is 10.2 Å². The van der Waals surface area contributed by atoms with Crippen molar-refractivity contribution in [3.63, 3.8) is 0 Å². The van der Waals surface area contributed by atoms with Gasteiger partial charge in [0.15, 0.2) is 23.2 Å². The molecule has 1 amide bonds. The number of carbonyl (C=O) groups excluding carboxylic acids is 1. The van der Waals surface area contributed by atoms with E-state index in [-0.39, 0.29) is 6.61 Å². The van der Waals surface area contributed by atoms with Crippen LogP contribution >= 0.6 is 12.2 Å². The molecule has 0 atom stereocenters. The zero-order chi connectivity index (χ0) is 19.6. The summed E-state index contributed by atoms with van der Waals surface area (Å²) in [5.74, 6) is 1.07. The van der Waals surface area contributed by atoms with E-state index in [0.29, 0.717) is 16.6 Å². The van der Waals surface area contributed by atoms with Crippen LogP contribution in [-0.2, 0) is 4.79 Å². The minimum Gasteiger partial charge on any atom is -0.497 e. The van der Waals surface area contributed by atoms with Gasteiger partial charge in [0, 0.05) is 5.69 Å². The quantitative estimate of drug-likeness (QED) is 0.360. The first-order valence-corrected chi connectivity index (χ1v) is 8.26. The van der Waals surface area contributed by atoms with Crippen molar-refractivity contribution in [1.29, 1.82) is 0 Å². The monoisotopic (exact) mass is 388 g/mol. The molecule has 0 aliphatic rings. The second kappa shape index (κ2) is 9.97. The van der Waals surface area contributed by atoms with Crippen molar-refractivity contribution in [2.75, 3.05) is 26.1 Å². The molecule has 2 aromatic rings. The van der Waals surface area contributed by atoms with Gasteiger partial charge in [-0.1, -0.05) is 0 Å². The van der Waals surface area contributed by atoms with Gasteiger partial charge in [0.25, 0.3) is 5.91 Å². The molecule has 8 nitrogen and oxygen atoms in total. The summed E-state index contributed by atoms with van der Waals surface area (Å²) in [6.45, 7) is -0.226. The molecule has 0 aliphatic carbocycles. The fraction of sp³-hybridized carbons (Fsp3) is 0.167. The zero-order valence-electron chi connectivity index (χ0n) is 14.9. The zero-order valence-corrected chi connectivity index (χ0v) is 15.7. The summed E-state index contributed by atoms with van der Waals surface area (Å²) in [7, 11) is 3.11. The van der Waals surface area contributed by atoms with Crippen molar-refractivity contribution in [1.82, 2.24) is 5.43 Å². The third-order valence-corrected chi connectivity index (χ3v) is 3.48. The molecule has 0 saturated carbocycles. The molecule has 0 aromatic heterocycles. The topological polar surface area (TPSA) is 107 Å². The second-order valence-electron chi connectivity index (χ2n) is 5.22. The Kier molecular flexibility index (Phi) is 7.38. The summed E-state index contributed by atoms with van der Waals surface area (Å²) in [6, 6.07) is 12.4. The lowest BCUT2D eigenvalue weighted by atomic mass is 10.2. The van der Waals surface area contributed by atoms with E-state index in [1.807, 2.05) is 24.3 Å². The average Bonchev–Trinajstić information content (AvgIpc) is 2.67. The van der Waals surface area contributed by atoms with Gasteiger partial charge in [0.05, 0.1) is 20.4 Å². The number of primary amides is 1. The maximum absolute atomic E-state index is 10.8. The maximum Gasteiger partial charge on any atom is 0.255 e. The highest BCUT2D eigenvalue weighted by molar-refractivity contribution is 7.80. The highest BCUT2D eigenvalue weighted by Crippen LogP contribution is 2.27. The third kappa shape index (κ3) is 6.48. The van der Waals surface area contributed by atoms with Crippen LogP contribution < -0.4 is 30.7 Å². The molecule has 0 saturated heterocycles. The molecule has 0 radical (unpaired) electrons. The van der Waals surface area contributed by atoms with Gasteiger partial charge in [-0.05, 0) is 60.2 Å². The van der Waals surface area contributed by atoms with E-state index in [9.17, 15) is 4.79 Å². The molecule has 0 unspecified atom stereocenters. The largest absolute Gasteiger partial charge is 0.497 e. The SMILES string of the molecule is COc1ccc(NC(=S)N/N=C\c2ccc(OCC(N)=O)c(OC)c2)cc1. The number of benzene rings is 2. The van der Waals surface area contributed by atoms with Crippen LogP contribution in [0, 0.1) is 0 Å². The molecule has 0 fully saturated rings. The minimum absolute atomic E-state index is 0.226. The Bertz CT molecular complexity index is 825. The highest BCUT2D eigenvalue weighted by Gasteiger charge is 2.06. The molecule has 2 rings (SSSR count). The Morgan fingerprint density at radius 1 is 1.15 bits per heavy atom. The number of ether oxygens (including phenoxy) is 3. The summed E-state index contributed by atoms with van der Waals surface area (Å²) < 4.78 is 15.6. The fourth-order valence-electron chi connectivity index (χ4n) is 2.03. The number of hydrogen-bond acceptors (Lipinski definition) is 6. The summed E-state index contributed by atoms with van der Waals surface area (Å²) in [5.41, 5.74) is 9.35. The lowest BCUT2D eigenvalue weighted by Gasteiger charge is -2.10. The van der Waals surface area contributed by atoms with E-state index in [1.54, 1.807) is 31.5 Å². The van der Waals surface area contributed by atoms with Crippen LogP contribution in [0.2, 0.25) is 0 Å². The van der Waals surface area contributed by atoms with Crippen molar-refractivity contribution >= 4 is 35.1 Å². The van der Waals surface area contributed by atoms with Crippen LogP contribution in [0.5, 0.6) is 17.2 Å². The van der Waals surface area contributed by atoms with Crippen molar-refractivity contribution < 1.29 is 19.0 Å². The predicted molar refractivity (Wildman–Crippen MR) is 108 cm³/mol. The molecule has 0 aliphatic heterocycles. The Balaban J connectivity index is 1.92. The first kappa shape index (κ1) is 20.0. The van der Waals surface area contributed by atoms with E-state index in [1.165, 1.54) is 7.11 Å². The molecular weight excluding hydrogens is 368 g/mol. The lowest BCUT2D eigenvalue weighted by molar-refractivity contribution is -0.119. The van der Waals surface area contributed by atoms with E-state index >= 15 is 0 Å². The molecule has 0 spiro atoms. The van der Waals surface area contributed by atoms with Gasteiger partial charge >= 0.3 is 0 Å². The highest BCUT2D eigenvalue weighted by atomic mass is 32.1. The van der Waals surface area contributed by atoms with Crippen molar-refractivity contribution in [2.45, 2.75) is 0 Å². The van der Waals surface area contributed by atoms with Crippen molar-refractivity contribution in [2.24, 2.45) is 10.8 Å². The molecule has 9 heteroatoms. The van der Waals surface area contributed by atoms with Crippen molar-refractivity contribution in [3.05, 3.63) is 48.0 Å². The molecule has 4 N–H and O–H groups in total.